The fourth-order valence-corrected chi connectivity index (χ4v) is 14.3. The van der Waals surface area contributed by atoms with Crippen LogP contribution < -0.4 is 0 Å². The lowest BCUT2D eigenvalue weighted by Gasteiger charge is -2.21. The van der Waals surface area contributed by atoms with Crippen LogP contribution in [0.15, 0.2) is 0 Å². The van der Waals surface area contributed by atoms with E-state index < -0.39 is 97.5 Å². The molecular formula is C82H160O17P2. The quantitative estimate of drug-likeness (QED) is 0.0222. The van der Waals surface area contributed by atoms with Crippen LogP contribution in [0, 0.1) is 5.92 Å². The fraction of sp³-hybridized carbons (Fsp3) is 0.951. The first-order chi connectivity index (χ1) is 49.1. The molecule has 6 atom stereocenters. The molecule has 0 aromatic rings. The van der Waals surface area contributed by atoms with E-state index in [0.717, 1.165) is 95.8 Å². The van der Waals surface area contributed by atoms with Crippen molar-refractivity contribution in [2.45, 2.75) is 457 Å². The molecule has 0 aromatic heterocycles. The highest BCUT2D eigenvalue weighted by Gasteiger charge is 2.30. The van der Waals surface area contributed by atoms with Crippen LogP contribution in [0.1, 0.15) is 439 Å². The molecule has 17 nitrogen and oxygen atoms in total. The van der Waals surface area contributed by atoms with Gasteiger partial charge >= 0.3 is 39.5 Å². The number of phosphoric ester groups is 2. The van der Waals surface area contributed by atoms with Crippen molar-refractivity contribution in [3.63, 3.8) is 0 Å². The zero-order chi connectivity index (χ0) is 74.1. The normalized spacial score (nSPS) is 14.1. The van der Waals surface area contributed by atoms with E-state index >= 15 is 0 Å². The molecule has 101 heavy (non-hydrogen) atoms. The summed E-state index contributed by atoms with van der Waals surface area (Å²) in [5.41, 5.74) is 0. The Kier molecular flexibility index (Phi) is 73.5. The Labute approximate surface area is 619 Å². The molecule has 0 aliphatic heterocycles. The van der Waals surface area contributed by atoms with Crippen molar-refractivity contribution in [2.75, 3.05) is 39.6 Å². The molecule has 3 unspecified atom stereocenters. The van der Waals surface area contributed by atoms with Crippen molar-refractivity contribution in [1.29, 1.82) is 0 Å². The molecule has 0 spiro atoms. The van der Waals surface area contributed by atoms with Crippen molar-refractivity contribution >= 4 is 39.5 Å². The van der Waals surface area contributed by atoms with Crippen molar-refractivity contribution < 1.29 is 80.2 Å². The molecule has 3 N–H and O–H groups in total. The Morgan fingerprint density at radius 2 is 0.475 bits per heavy atom. The first-order valence-electron chi connectivity index (χ1n) is 42.7. The van der Waals surface area contributed by atoms with Gasteiger partial charge in [-0.05, 0) is 31.6 Å². The number of hydrogen-bond acceptors (Lipinski definition) is 15. The zero-order valence-electron chi connectivity index (χ0n) is 66.1. The van der Waals surface area contributed by atoms with Gasteiger partial charge in [-0.15, -0.1) is 0 Å². The van der Waals surface area contributed by atoms with Gasteiger partial charge in [0.05, 0.1) is 26.4 Å². The minimum Gasteiger partial charge on any atom is -0.462 e. The summed E-state index contributed by atoms with van der Waals surface area (Å²) in [5.74, 6) is -1.26. The summed E-state index contributed by atoms with van der Waals surface area (Å²) in [5, 5.41) is 10.6. The first-order valence-corrected chi connectivity index (χ1v) is 45.7. The summed E-state index contributed by atoms with van der Waals surface area (Å²) in [7, 11) is -9.92. The maximum absolute atomic E-state index is 13.1. The van der Waals surface area contributed by atoms with Gasteiger partial charge in [-0.2, -0.15) is 0 Å². The Balaban J connectivity index is 5.19. The van der Waals surface area contributed by atoms with Crippen molar-refractivity contribution in [2.24, 2.45) is 5.92 Å². The fourth-order valence-electron chi connectivity index (χ4n) is 12.7. The van der Waals surface area contributed by atoms with Gasteiger partial charge in [0.2, 0.25) is 0 Å². The zero-order valence-corrected chi connectivity index (χ0v) is 67.8. The molecule has 0 rings (SSSR count). The van der Waals surface area contributed by atoms with E-state index in [-0.39, 0.29) is 25.7 Å². The number of phosphoric acid groups is 2. The highest BCUT2D eigenvalue weighted by Crippen LogP contribution is 2.45. The molecule has 0 saturated carbocycles. The maximum Gasteiger partial charge on any atom is 0.472 e. The lowest BCUT2D eigenvalue weighted by atomic mass is 9.99. The van der Waals surface area contributed by atoms with Gasteiger partial charge in [0.25, 0.3) is 0 Å². The minimum absolute atomic E-state index is 0.108. The lowest BCUT2D eigenvalue weighted by molar-refractivity contribution is -0.161. The van der Waals surface area contributed by atoms with Crippen LogP contribution in [0.2, 0.25) is 0 Å². The Hall–Kier alpha value is -1.94. The molecule has 0 fully saturated rings. The number of ether oxygens (including phenoxy) is 4. The Morgan fingerprint density at radius 1 is 0.277 bits per heavy atom. The summed E-state index contributed by atoms with van der Waals surface area (Å²) >= 11 is 0. The number of carbonyl (C=O) groups is 4. The maximum atomic E-state index is 13.1. The second-order valence-electron chi connectivity index (χ2n) is 29.8. The Bertz CT molecular complexity index is 1930. The largest absolute Gasteiger partial charge is 0.472 e. The third-order valence-electron chi connectivity index (χ3n) is 19.6. The molecule has 0 radical (unpaired) electrons. The second kappa shape index (κ2) is 74.9. The third-order valence-corrected chi connectivity index (χ3v) is 21.5. The third kappa shape index (κ3) is 74.7. The number of aliphatic hydroxyl groups excluding tert-OH is 1. The first kappa shape index (κ1) is 99.1. The average molecular weight is 1480 g/mol. The molecule has 0 aliphatic rings. The van der Waals surface area contributed by atoms with Crippen LogP contribution in [0.25, 0.3) is 0 Å². The van der Waals surface area contributed by atoms with Gasteiger partial charge in [0, 0.05) is 25.7 Å². The van der Waals surface area contributed by atoms with Crippen LogP contribution in [-0.4, -0.2) is 96.7 Å². The highest BCUT2D eigenvalue weighted by molar-refractivity contribution is 7.47. The van der Waals surface area contributed by atoms with Gasteiger partial charge < -0.3 is 33.8 Å². The van der Waals surface area contributed by atoms with Gasteiger partial charge in [-0.3, -0.25) is 37.3 Å². The molecule has 0 bridgehead atoms. The van der Waals surface area contributed by atoms with Crippen LogP contribution in [-0.2, 0) is 65.4 Å². The van der Waals surface area contributed by atoms with Crippen LogP contribution >= 0.6 is 15.6 Å². The second-order valence-corrected chi connectivity index (χ2v) is 32.7. The summed E-state index contributed by atoms with van der Waals surface area (Å²) in [6, 6.07) is 0. The van der Waals surface area contributed by atoms with Gasteiger partial charge in [-0.1, -0.05) is 388 Å². The predicted molar refractivity (Wildman–Crippen MR) is 414 cm³/mol. The Morgan fingerprint density at radius 3 is 0.703 bits per heavy atom. The number of unbranched alkanes of at least 4 members (excludes halogenated alkanes) is 53. The average Bonchev–Trinajstić information content (AvgIpc) is 0.985. The van der Waals surface area contributed by atoms with E-state index in [1.165, 1.54) is 263 Å². The predicted octanol–water partition coefficient (Wildman–Crippen LogP) is 24.8. The van der Waals surface area contributed by atoms with Crippen LogP contribution in [0.5, 0.6) is 0 Å². The van der Waals surface area contributed by atoms with Crippen LogP contribution in [0.4, 0.5) is 0 Å². The number of aliphatic hydroxyl groups is 1. The smallest absolute Gasteiger partial charge is 0.462 e. The van der Waals surface area contributed by atoms with E-state index in [2.05, 4.69) is 34.6 Å². The van der Waals surface area contributed by atoms with E-state index in [1.54, 1.807) is 0 Å². The highest BCUT2D eigenvalue weighted by atomic mass is 31.2. The molecule has 0 amide bonds. The van der Waals surface area contributed by atoms with E-state index in [0.29, 0.717) is 25.7 Å². The molecule has 0 aliphatic carbocycles. The van der Waals surface area contributed by atoms with Gasteiger partial charge in [0.15, 0.2) is 12.2 Å². The van der Waals surface area contributed by atoms with E-state index in [4.69, 9.17) is 37.0 Å². The molecule has 0 aromatic carbocycles. The summed E-state index contributed by atoms with van der Waals surface area (Å²) < 4.78 is 68.7. The molecule has 0 saturated heterocycles. The van der Waals surface area contributed by atoms with E-state index in [1.807, 2.05) is 0 Å². The molecule has 600 valence electrons. The topological polar surface area (TPSA) is 237 Å². The van der Waals surface area contributed by atoms with Gasteiger partial charge in [0.1, 0.15) is 19.3 Å². The monoisotopic (exact) mass is 1480 g/mol. The molecule has 19 heteroatoms. The van der Waals surface area contributed by atoms with Gasteiger partial charge in [-0.25, -0.2) is 9.13 Å². The lowest BCUT2D eigenvalue weighted by Crippen LogP contribution is -2.30. The number of esters is 4. The van der Waals surface area contributed by atoms with E-state index in [9.17, 15) is 43.2 Å². The number of carbonyl (C=O) groups excluding carboxylic acids is 4. The molecule has 0 heterocycles. The number of rotatable bonds is 82. The molecular weight excluding hydrogens is 1320 g/mol. The summed E-state index contributed by atoms with van der Waals surface area (Å²) in [6.07, 6.45) is 66.6. The standard InChI is InChI=1S/C82H160O17P2/c1-6-10-13-16-19-22-24-26-27-28-29-30-31-32-33-34-39-43-48-53-58-63-68-82(87)99-78(72-93-80(85)66-61-56-51-46-42-38-36-35-37-40-45-49-54-59-64-75(5)9-4)74-97-101(90,91)95-70-76(83)69-94-100(88,89)96-73-77(71-92-79(84)65-60-55-50-44-21-18-15-12-8-3)98-81(86)67-62-57-52-47-41-25-23-20-17-14-11-7-2/h75-78,83H,6-74H2,1-5H3,(H,88,89)(H,90,91)/t75?,76-,77+,78+/m0/s1. The van der Waals surface area contributed by atoms with Crippen molar-refractivity contribution in [3.8, 4) is 0 Å². The van der Waals surface area contributed by atoms with Crippen LogP contribution in [0.3, 0.4) is 0 Å². The summed E-state index contributed by atoms with van der Waals surface area (Å²) in [4.78, 5) is 73.0. The van der Waals surface area contributed by atoms with Crippen molar-refractivity contribution in [3.05, 3.63) is 0 Å². The summed E-state index contributed by atoms with van der Waals surface area (Å²) in [6.45, 7) is 7.37. The SMILES string of the molecule is CCCCCCCCCCCCCCCCCCCCCCCCC(=O)O[C@H](COC(=O)CCCCCCCCCCCCCCCCC(C)CC)COP(=O)(O)OC[C@@H](O)COP(=O)(O)OC[C@@H](COC(=O)CCCCCCCCCCC)OC(=O)CCCCCCCCCCCCCC. The number of hydrogen-bond donors (Lipinski definition) is 3. The minimum atomic E-state index is -4.96. The van der Waals surface area contributed by atoms with Crippen molar-refractivity contribution in [1.82, 2.24) is 0 Å².